The van der Waals surface area contributed by atoms with E-state index >= 15 is 0 Å². The van der Waals surface area contributed by atoms with Crippen LogP contribution in [0.15, 0.2) is 53.0 Å². The lowest BCUT2D eigenvalue weighted by atomic mass is 10.00. The number of nitrogens with one attached hydrogen (secondary N) is 1. The molecule has 0 unspecified atom stereocenters. The van der Waals surface area contributed by atoms with Crippen molar-refractivity contribution in [2.45, 2.75) is 30.7 Å². The van der Waals surface area contributed by atoms with Crippen molar-refractivity contribution in [2.75, 3.05) is 47.2 Å². The maximum atomic E-state index is 13.3. The van der Waals surface area contributed by atoms with Crippen molar-refractivity contribution < 1.29 is 13.2 Å². The standard InChI is InChI=1S/C24H27ClN6O3S2/c1-17(31-9-2-3-18-15-19(25)4-6-21(18)31)23(32)30-12-10-29(11-13-30)22-7-5-20(16-27-22)36(33,34)28-24-26-8-14-35-24/h4-8,14-17H,2-3,9-13H2,1H3,(H,26,28)/t17-/m1/s1. The van der Waals surface area contributed by atoms with Gasteiger partial charge < -0.3 is 14.7 Å². The Morgan fingerprint density at radius 3 is 2.61 bits per heavy atom. The van der Waals surface area contributed by atoms with Gasteiger partial charge in [-0.2, -0.15) is 0 Å². The van der Waals surface area contributed by atoms with Crippen molar-refractivity contribution in [1.29, 1.82) is 0 Å². The number of nitrogens with zero attached hydrogens (tertiary/aromatic N) is 5. The Bertz CT molecular complexity index is 1330. The first-order valence-electron chi connectivity index (χ1n) is 11.8. The lowest BCUT2D eigenvalue weighted by Gasteiger charge is -2.40. The Labute approximate surface area is 219 Å². The number of piperazine rings is 1. The van der Waals surface area contributed by atoms with Gasteiger partial charge in [-0.1, -0.05) is 11.6 Å². The van der Waals surface area contributed by atoms with Gasteiger partial charge in [-0.25, -0.2) is 18.4 Å². The molecule has 1 fully saturated rings. The van der Waals surface area contributed by atoms with Crippen LogP contribution in [0.3, 0.4) is 0 Å². The Hall–Kier alpha value is -2.89. The largest absolute Gasteiger partial charge is 0.360 e. The maximum Gasteiger partial charge on any atom is 0.265 e. The van der Waals surface area contributed by atoms with Crippen molar-refractivity contribution >= 4 is 55.5 Å². The summed E-state index contributed by atoms with van der Waals surface area (Å²) in [7, 11) is -3.74. The molecule has 12 heteroatoms. The van der Waals surface area contributed by atoms with Crippen LogP contribution in [0, 0.1) is 0 Å². The number of rotatable bonds is 6. The SMILES string of the molecule is C[C@H](C(=O)N1CCN(c2ccc(S(=O)(=O)Nc3nccs3)cn2)CC1)N1CCCc2cc(Cl)ccc21. The second kappa shape index (κ2) is 10.2. The lowest BCUT2D eigenvalue weighted by molar-refractivity contribution is -0.132. The molecule has 0 aliphatic carbocycles. The third-order valence-electron chi connectivity index (χ3n) is 6.62. The molecule has 1 atom stereocenters. The van der Waals surface area contributed by atoms with Crippen molar-refractivity contribution in [3.05, 3.63) is 58.7 Å². The summed E-state index contributed by atoms with van der Waals surface area (Å²) in [5, 5.41) is 2.73. The summed E-state index contributed by atoms with van der Waals surface area (Å²) in [6, 6.07) is 8.88. The van der Waals surface area contributed by atoms with Gasteiger partial charge >= 0.3 is 0 Å². The number of sulfonamides is 1. The zero-order chi connectivity index (χ0) is 25.3. The lowest BCUT2D eigenvalue weighted by Crippen LogP contribution is -2.55. The first-order chi connectivity index (χ1) is 17.3. The van der Waals surface area contributed by atoms with Gasteiger partial charge in [0.25, 0.3) is 10.0 Å². The maximum absolute atomic E-state index is 13.3. The van der Waals surface area contributed by atoms with Crippen LogP contribution in [0.4, 0.5) is 16.6 Å². The molecule has 2 aliphatic heterocycles. The zero-order valence-corrected chi connectivity index (χ0v) is 22.2. The van der Waals surface area contributed by atoms with Gasteiger partial charge in [0, 0.05) is 61.2 Å². The topological polar surface area (TPSA) is 98.7 Å². The van der Waals surface area contributed by atoms with Crippen molar-refractivity contribution in [2.24, 2.45) is 0 Å². The highest BCUT2D eigenvalue weighted by Crippen LogP contribution is 2.31. The minimum absolute atomic E-state index is 0.0761. The van der Waals surface area contributed by atoms with Crippen LogP contribution in [0.5, 0.6) is 0 Å². The van der Waals surface area contributed by atoms with Crippen molar-refractivity contribution in [3.8, 4) is 0 Å². The highest BCUT2D eigenvalue weighted by Gasteiger charge is 2.31. The molecule has 1 N–H and O–H groups in total. The summed E-state index contributed by atoms with van der Waals surface area (Å²) in [6.45, 7) is 5.23. The van der Waals surface area contributed by atoms with Crippen LogP contribution in [0.25, 0.3) is 0 Å². The Kier molecular flexibility index (Phi) is 7.05. The Morgan fingerprint density at radius 2 is 1.92 bits per heavy atom. The molecule has 0 spiro atoms. The molecule has 0 bridgehead atoms. The van der Waals surface area contributed by atoms with E-state index in [1.54, 1.807) is 11.4 Å². The van der Waals surface area contributed by atoms with E-state index in [0.29, 0.717) is 37.1 Å². The fourth-order valence-corrected chi connectivity index (χ4v) is 6.64. The van der Waals surface area contributed by atoms with Crippen molar-refractivity contribution in [1.82, 2.24) is 14.9 Å². The minimum Gasteiger partial charge on any atom is -0.360 e. The third-order valence-corrected chi connectivity index (χ3v) is 9.00. The number of amides is 1. The van der Waals surface area contributed by atoms with E-state index in [-0.39, 0.29) is 16.8 Å². The number of hydrogen-bond donors (Lipinski definition) is 1. The summed E-state index contributed by atoms with van der Waals surface area (Å²) in [4.78, 5) is 27.9. The summed E-state index contributed by atoms with van der Waals surface area (Å²) in [5.41, 5.74) is 2.28. The molecule has 36 heavy (non-hydrogen) atoms. The molecule has 0 saturated carbocycles. The number of carbonyl (C=O) groups excluding carboxylic acids is 1. The fourth-order valence-electron chi connectivity index (χ4n) is 4.72. The van der Waals surface area contributed by atoms with Crippen LogP contribution in [0.2, 0.25) is 5.02 Å². The molecule has 3 aromatic rings. The summed E-state index contributed by atoms with van der Waals surface area (Å²) in [6.07, 6.45) is 4.86. The summed E-state index contributed by atoms with van der Waals surface area (Å²) in [5.74, 6) is 0.797. The molecule has 1 saturated heterocycles. The van der Waals surface area contributed by atoms with E-state index in [9.17, 15) is 13.2 Å². The van der Waals surface area contributed by atoms with Gasteiger partial charge in [0.2, 0.25) is 5.91 Å². The number of carbonyl (C=O) groups is 1. The van der Waals surface area contributed by atoms with Crippen LogP contribution in [0.1, 0.15) is 18.9 Å². The number of aromatic nitrogens is 2. The number of benzene rings is 1. The predicted octanol–water partition coefficient (Wildman–Crippen LogP) is 3.48. The number of thiazole rings is 1. The van der Waals surface area contributed by atoms with E-state index < -0.39 is 10.0 Å². The van der Waals surface area contributed by atoms with Gasteiger partial charge in [-0.15, -0.1) is 11.3 Å². The summed E-state index contributed by atoms with van der Waals surface area (Å²) >= 11 is 7.38. The number of anilines is 3. The number of hydrogen-bond acceptors (Lipinski definition) is 8. The second-order valence-electron chi connectivity index (χ2n) is 8.85. The Balaban J connectivity index is 1.20. The number of aryl methyl sites for hydroxylation is 1. The first-order valence-corrected chi connectivity index (χ1v) is 14.5. The molecule has 190 valence electrons. The quantitative estimate of drug-likeness (QED) is 0.505. The van der Waals surface area contributed by atoms with Crippen molar-refractivity contribution in [3.63, 3.8) is 0 Å². The van der Waals surface area contributed by atoms with Crippen LogP contribution in [-0.4, -0.2) is 68.0 Å². The number of pyridine rings is 1. The van der Waals surface area contributed by atoms with E-state index in [1.807, 2.05) is 30.0 Å². The van der Waals surface area contributed by atoms with E-state index in [0.717, 1.165) is 30.1 Å². The first kappa shape index (κ1) is 24.8. The third kappa shape index (κ3) is 5.14. The smallest absolute Gasteiger partial charge is 0.265 e. The molecule has 0 radical (unpaired) electrons. The van der Waals surface area contributed by atoms with E-state index in [1.165, 1.54) is 35.4 Å². The number of halogens is 1. The molecule has 1 amide bonds. The summed E-state index contributed by atoms with van der Waals surface area (Å²) < 4.78 is 27.5. The second-order valence-corrected chi connectivity index (χ2v) is 11.9. The highest BCUT2D eigenvalue weighted by molar-refractivity contribution is 7.93. The van der Waals surface area contributed by atoms with Gasteiger partial charge in [0.05, 0.1) is 0 Å². The highest BCUT2D eigenvalue weighted by atomic mass is 35.5. The molecule has 2 aromatic heterocycles. The van der Waals surface area contributed by atoms with Gasteiger partial charge in [-0.3, -0.25) is 9.52 Å². The molecular weight excluding hydrogens is 520 g/mol. The molecule has 4 heterocycles. The number of fused-ring (bicyclic) bond motifs is 1. The van der Waals surface area contributed by atoms with Gasteiger partial charge in [0.15, 0.2) is 5.13 Å². The molecule has 5 rings (SSSR count). The minimum atomic E-state index is -3.74. The molecule has 1 aromatic carbocycles. The van der Waals surface area contributed by atoms with Crippen LogP contribution in [-0.2, 0) is 21.2 Å². The molecular formula is C24H27ClN6O3S2. The monoisotopic (exact) mass is 546 g/mol. The van der Waals surface area contributed by atoms with Crippen LogP contribution < -0.4 is 14.5 Å². The normalized spacial score (nSPS) is 17.0. The Morgan fingerprint density at radius 1 is 1.11 bits per heavy atom. The van der Waals surface area contributed by atoms with Gasteiger partial charge in [-0.05, 0) is 55.7 Å². The van der Waals surface area contributed by atoms with Crippen LogP contribution >= 0.6 is 22.9 Å². The fraction of sp³-hybridized carbons (Fsp3) is 0.375. The molecule has 2 aliphatic rings. The van der Waals surface area contributed by atoms with Gasteiger partial charge in [0.1, 0.15) is 16.8 Å². The van der Waals surface area contributed by atoms with E-state index in [4.69, 9.17) is 11.6 Å². The average Bonchev–Trinajstić information content (AvgIpc) is 3.40. The molecule has 9 nitrogen and oxygen atoms in total. The zero-order valence-electron chi connectivity index (χ0n) is 19.8. The average molecular weight is 547 g/mol. The predicted molar refractivity (Wildman–Crippen MR) is 143 cm³/mol. The van der Waals surface area contributed by atoms with E-state index in [2.05, 4.69) is 24.5 Å².